The Morgan fingerprint density at radius 3 is 2.75 bits per heavy atom. The van der Waals surface area contributed by atoms with Crippen molar-refractivity contribution in [2.75, 3.05) is 11.1 Å². The number of esters is 1. The first-order chi connectivity index (χ1) is 11.4. The van der Waals surface area contributed by atoms with Crippen LogP contribution in [0.5, 0.6) is 0 Å². The summed E-state index contributed by atoms with van der Waals surface area (Å²) in [6, 6.07) is 13.2. The Kier molecular flexibility index (Phi) is 5.55. The van der Waals surface area contributed by atoms with E-state index in [2.05, 4.69) is 21.2 Å². The minimum atomic E-state index is -1.03. The molecule has 2 aromatic rings. The van der Waals surface area contributed by atoms with Gasteiger partial charge in [0.1, 0.15) is 0 Å². The topological polar surface area (TPSA) is 105 Å². The molecule has 1 atom stereocenters. The van der Waals surface area contributed by atoms with Crippen LogP contribution >= 0.6 is 15.9 Å². The Morgan fingerprint density at radius 1 is 1.29 bits per heavy atom. The maximum atomic E-state index is 12.1. The number of nitrogens with one attached hydrogen (secondary N) is 1. The van der Waals surface area contributed by atoms with Crippen molar-refractivity contribution in [3.63, 3.8) is 0 Å². The van der Waals surface area contributed by atoms with E-state index in [0.717, 1.165) is 0 Å². The van der Waals surface area contributed by atoms with Gasteiger partial charge in [-0.15, -0.1) is 0 Å². The molecule has 0 aromatic heterocycles. The van der Waals surface area contributed by atoms with E-state index < -0.39 is 18.0 Å². The molecule has 0 radical (unpaired) electrons. The number of anilines is 2. The number of halogens is 1. The molecule has 3 N–H and O–H groups in total. The number of hydrogen-bond acceptors (Lipinski definition) is 5. The molecule has 1 amide bonds. The molecule has 2 rings (SSSR count). The van der Waals surface area contributed by atoms with Crippen LogP contribution in [0.15, 0.2) is 46.9 Å². The lowest BCUT2D eigenvalue weighted by molar-refractivity contribution is -0.123. The number of amides is 1. The number of benzene rings is 2. The van der Waals surface area contributed by atoms with Gasteiger partial charge < -0.3 is 15.8 Å². The lowest BCUT2D eigenvalue weighted by Gasteiger charge is -2.14. The fourth-order valence-corrected chi connectivity index (χ4v) is 2.25. The lowest BCUT2D eigenvalue weighted by atomic mass is 10.2. The first-order valence-electron chi connectivity index (χ1n) is 6.97. The Balaban J connectivity index is 2.04. The molecule has 0 saturated heterocycles. The molecular weight excluding hydrogens is 374 g/mol. The van der Waals surface area contributed by atoms with Gasteiger partial charge >= 0.3 is 5.97 Å². The highest BCUT2D eigenvalue weighted by Crippen LogP contribution is 2.20. The summed E-state index contributed by atoms with van der Waals surface area (Å²) in [6.07, 6.45) is -1.03. The zero-order chi connectivity index (χ0) is 17.7. The highest BCUT2D eigenvalue weighted by atomic mass is 79.9. The van der Waals surface area contributed by atoms with Gasteiger partial charge in [-0.3, -0.25) is 4.79 Å². The van der Waals surface area contributed by atoms with Crippen molar-refractivity contribution in [2.24, 2.45) is 0 Å². The van der Waals surface area contributed by atoms with Gasteiger partial charge in [0.2, 0.25) is 0 Å². The summed E-state index contributed by atoms with van der Waals surface area (Å²) in [7, 11) is 0. The largest absolute Gasteiger partial charge is 0.449 e. The third kappa shape index (κ3) is 4.33. The second-order valence-corrected chi connectivity index (χ2v) is 5.88. The van der Waals surface area contributed by atoms with Crippen molar-refractivity contribution in [2.45, 2.75) is 13.0 Å². The number of hydrogen-bond donors (Lipinski definition) is 2. The molecule has 6 nitrogen and oxygen atoms in total. The van der Waals surface area contributed by atoms with Gasteiger partial charge in [-0.05, 0) is 43.3 Å². The van der Waals surface area contributed by atoms with Gasteiger partial charge in [0.05, 0.1) is 17.2 Å². The molecule has 0 aliphatic rings. The minimum absolute atomic E-state index is 0.176. The maximum absolute atomic E-state index is 12.1. The number of nitrogen functional groups attached to an aromatic ring is 1. The zero-order valence-electron chi connectivity index (χ0n) is 12.7. The summed E-state index contributed by atoms with van der Waals surface area (Å²) in [5, 5.41) is 11.4. The molecule has 0 heterocycles. The van der Waals surface area contributed by atoms with Crippen LogP contribution in [-0.2, 0) is 9.53 Å². The monoisotopic (exact) mass is 387 g/mol. The van der Waals surface area contributed by atoms with E-state index in [9.17, 15) is 9.59 Å². The summed E-state index contributed by atoms with van der Waals surface area (Å²) in [5.41, 5.74) is 7.05. The number of nitriles is 1. The van der Waals surface area contributed by atoms with E-state index in [0.29, 0.717) is 15.7 Å². The molecule has 0 aliphatic carbocycles. The second-order valence-electron chi connectivity index (χ2n) is 4.96. The van der Waals surface area contributed by atoms with Crippen LogP contribution in [0.3, 0.4) is 0 Å². The van der Waals surface area contributed by atoms with Gasteiger partial charge in [-0.2, -0.15) is 5.26 Å². The van der Waals surface area contributed by atoms with Gasteiger partial charge in [-0.1, -0.05) is 22.0 Å². The third-order valence-electron chi connectivity index (χ3n) is 3.15. The standard InChI is InChI=1S/C17H14BrN3O3/c1-10(16(22)21-13-4-2-3-11(7-13)9-19)24-17(23)14-8-12(18)5-6-15(14)20/h2-8,10H,20H2,1H3,(H,21,22)/t10-/m1/s1. The van der Waals surface area contributed by atoms with Gasteiger partial charge in [0.25, 0.3) is 5.91 Å². The molecule has 2 aromatic carbocycles. The smallest absolute Gasteiger partial charge is 0.341 e. The number of nitrogens with two attached hydrogens (primary N) is 1. The van der Waals surface area contributed by atoms with Crippen LogP contribution in [0.1, 0.15) is 22.8 Å². The normalized spacial score (nSPS) is 11.2. The predicted octanol–water partition coefficient (Wildman–Crippen LogP) is 3.09. The van der Waals surface area contributed by atoms with Crippen molar-refractivity contribution >= 4 is 39.2 Å². The van der Waals surface area contributed by atoms with Crippen molar-refractivity contribution in [3.8, 4) is 6.07 Å². The van der Waals surface area contributed by atoms with Gasteiger partial charge in [0.15, 0.2) is 6.10 Å². The molecule has 7 heteroatoms. The number of carbonyl (C=O) groups is 2. The molecule has 0 spiro atoms. The van der Waals surface area contributed by atoms with E-state index in [1.165, 1.54) is 19.1 Å². The van der Waals surface area contributed by atoms with Crippen LogP contribution in [0.4, 0.5) is 11.4 Å². The fraction of sp³-hybridized carbons (Fsp3) is 0.118. The number of nitrogens with zero attached hydrogens (tertiary/aromatic N) is 1. The second kappa shape index (κ2) is 7.62. The first-order valence-corrected chi connectivity index (χ1v) is 7.77. The Bertz CT molecular complexity index is 830. The van der Waals surface area contributed by atoms with Crippen LogP contribution < -0.4 is 11.1 Å². The number of ether oxygens (including phenoxy) is 1. The maximum Gasteiger partial charge on any atom is 0.341 e. The van der Waals surface area contributed by atoms with E-state index in [1.54, 1.807) is 30.3 Å². The van der Waals surface area contributed by atoms with Crippen LogP contribution in [0.25, 0.3) is 0 Å². The summed E-state index contributed by atoms with van der Waals surface area (Å²) in [6.45, 7) is 1.45. The third-order valence-corrected chi connectivity index (χ3v) is 3.64. The van der Waals surface area contributed by atoms with Crippen molar-refractivity contribution in [3.05, 3.63) is 58.1 Å². The molecule has 0 bridgehead atoms. The van der Waals surface area contributed by atoms with Crippen LogP contribution in [0.2, 0.25) is 0 Å². The SMILES string of the molecule is C[C@@H](OC(=O)c1cc(Br)ccc1N)C(=O)Nc1cccc(C#N)c1. The highest BCUT2D eigenvalue weighted by Gasteiger charge is 2.20. The van der Waals surface area contributed by atoms with Crippen LogP contribution in [-0.4, -0.2) is 18.0 Å². The van der Waals surface area contributed by atoms with E-state index in [-0.39, 0.29) is 11.3 Å². The molecule has 0 aliphatic heterocycles. The van der Waals surface area contributed by atoms with E-state index in [4.69, 9.17) is 15.7 Å². The molecule has 0 saturated carbocycles. The Hall–Kier alpha value is -2.85. The van der Waals surface area contributed by atoms with Crippen molar-refractivity contribution in [1.82, 2.24) is 0 Å². The lowest BCUT2D eigenvalue weighted by Crippen LogP contribution is -2.30. The van der Waals surface area contributed by atoms with Crippen LogP contribution in [0, 0.1) is 11.3 Å². The van der Waals surface area contributed by atoms with Crippen molar-refractivity contribution in [1.29, 1.82) is 5.26 Å². The summed E-state index contributed by atoms with van der Waals surface area (Å²) in [4.78, 5) is 24.3. The average Bonchev–Trinajstić information content (AvgIpc) is 2.57. The molecule has 24 heavy (non-hydrogen) atoms. The molecular formula is C17H14BrN3O3. The first kappa shape index (κ1) is 17.5. The Morgan fingerprint density at radius 2 is 2.04 bits per heavy atom. The quantitative estimate of drug-likeness (QED) is 0.619. The highest BCUT2D eigenvalue weighted by molar-refractivity contribution is 9.10. The minimum Gasteiger partial charge on any atom is -0.449 e. The molecule has 0 fully saturated rings. The Labute approximate surface area is 147 Å². The van der Waals surface area contributed by atoms with E-state index in [1.807, 2.05) is 6.07 Å². The van der Waals surface area contributed by atoms with Gasteiger partial charge in [-0.25, -0.2) is 4.79 Å². The zero-order valence-corrected chi connectivity index (χ0v) is 14.3. The summed E-state index contributed by atoms with van der Waals surface area (Å²) in [5.74, 6) is -1.20. The predicted molar refractivity (Wildman–Crippen MR) is 93.2 cm³/mol. The van der Waals surface area contributed by atoms with Gasteiger partial charge in [0, 0.05) is 15.8 Å². The number of rotatable bonds is 4. The average molecular weight is 388 g/mol. The van der Waals surface area contributed by atoms with E-state index >= 15 is 0 Å². The van der Waals surface area contributed by atoms with Crippen molar-refractivity contribution < 1.29 is 14.3 Å². The molecule has 122 valence electrons. The summed E-state index contributed by atoms with van der Waals surface area (Å²) >= 11 is 3.25. The molecule has 0 unspecified atom stereocenters. The summed E-state index contributed by atoms with van der Waals surface area (Å²) < 4.78 is 5.82. The fourth-order valence-electron chi connectivity index (χ4n) is 1.89. The number of carbonyl (C=O) groups excluding carboxylic acids is 2.